The first-order valence-electron chi connectivity index (χ1n) is 6.33. The molecule has 1 aliphatic heterocycles. The van der Waals surface area contributed by atoms with Crippen LogP contribution in [0, 0.1) is 5.92 Å². The monoisotopic (exact) mass is 263 g/mol. The van der Waals surface area contributed by atoms with Crippen molar-refractivity contribution in [1.29, 1.82) is 0 Å². The van der Waals surface area contributed by atoms with Crippen LogP contribution < -0.4 is 4.74 Å². The van der Waals surface area contributed by atoms with Crippen LogP contribution in [0.15, 0.2) is 24.3 Å². The van der Waals surface area contributed by atoms with E-state index in [4.69, 9.17) is 9.84 Å². The molecule has 1 aromatic carbocycles. The van der Waals surface area contributed by atoms with Crippen LogP contribution in [-0.4, -0.2) is 35.0 Å². The number of amides is 1. The highest BCUT2D eigenvalue weighted by Crippen LogP contribution is 2.24. The molecule has 5 nitrogen and oxygen atoms in total. The minimum absolute atomic E-state index is 0.0894. The Morgan fingerprint density at radius 2 is 2.21 bits per heavy atom. The van der Waals surface area contributed by atoms with Gasteiger partial charge in [0.05, 0.1) is 12.5 Å². The third-order valence-corrected chi connectivity index (χ3v) is 3.20. The van der Waals surface area contributed by atoms with E-state index < -0.39 is 11.9 Å². The Bertz CT molecular complexity index is 486. The summed E-state index contributed by atoms with van der Waals surface area (Å²) in [7, 11) is 0. The number of para-hydroxylation sites is 1. The number of nitrogens with zero attached hydrogens (tertiary/aromatic N) is 1. The molecule has 0 saturated carbocycles. The second-order valence-electron chi connectivity index (χ2n) is 4.55. The minimum Gasteiger partial charge on any atom is -0.494 e. The van der Waals surface area contributed by atoms with Gasteiger partial charge in [-0.15, -0.1) is 0 Å². The van der Waals surface area contributed by atoms with Gasteiger partial charge >= 0.3 is 5.97 Å². The number of carboxylic acids is 1. The summed E-state index contributed by atoms with van der Waals surface area (Å²) < 4.78 is 5.50. The van der Waals surface area contributed by atoms with Crippen LogP contribution in [0.3, 0.4) is 0 Å². The predicted molar refractivity (Wildman–Crippen MR) is 68.8 cm³/mol. The molecular weight excluding hydrogens is 246 g/mol. The van der Waals surface area contributed by atoms with Gasteiger partial charge in [0, 0.05) is 25.1 Å². The van der Waals surface area contributed by atoms with E-state index in [0.717, 1.165) is 11.3 Å². The molecule has 1 heterocycles. The van der Waals surface area contributed by atoms with Gasteiger partial charge in [-0.05, 0) is 13.0 Å². The topological polar surface area (TPSA) is 66.8 Å². The molecule has 1 amide bonds. The van der Waals surface area contributed by atoms with Crippen LogP contribution in [0.25, 0.3) is 0 Å². The molecular formula is C14H17NO4. The van der Waals surface area contributed by atoms with Gasteiger partial charge in [-0.3, -0.25) is 9.59 Å². The molecule has 0 bridgehead atoms. The molecule has 0 spiro atoms. The van der Waals surface area contributed by atoms with E-state index in [-0.39, 0.29) is 18.9 Å². The first-order valence-corrected chi connectivity index (χ1v) is 6.33. The number of benzene rings is 1. The zero-order valence-corrected chi connectivity index (χ0v) is 10.8. The van der Waals surface area contributed by atoms with E-state index in [2.05, 4.69) is 0 Å². The maximum atomic E-state index is 11.8. The molecule has 102 valence electrons. The standard InChI is InChI=1S/C14H17NO4/c1-2-19-12-6-4-3-5-10(12)8-15-9-11(14(17)18)7-13(15)16/h3-6,11H,2,7-9H2,1H3,(H,17,18)/t11-/m1/s1. The number of hydrogen-bond donors (Lipinski definition) is 1. The first-order chi connectivity index (χ1) is 9.11. The fraction of sp³-hybridized carbons (Fsp3) is 0.429. The number of ether oxygens (including phenoxy) is 1. The average molecular weight is 263 g/mol. The Labute approximate surface area is 111 Å². The van der Waals surface area contributed by atoms with Crippen molar-refractivity contribution >= 4 is 11.9 Å². The normalized spacial score (nSPS) is 18.7. The van der Waals surface area contributed by atoms with Gasteiger partial charge in [0.2, 0.25) is 5.91 Å². The summed E-state index contributed by atoms with van der Waals surface area (Å²) in [6.45, 7) is 3.13. The molecule has 1 aromatic rings. The van der Waals surface area contributed by atoms with Crippen LogP contribution in [0.2, 0.25) is 0 Å². The summed E-state index contributed by atoms with van der Waals surface area (Å²) in [5, 5.41) is 8.95. The van der Waals surface area contributed by atoms with Gasteiger partial charge in [0.25, 0.3) is 0 Å². The molecule has 1 aliphatic rings. The zero-order valence-electron chi connectivity index (χ0n) is 10.8. The third-order valence-electron chi connectivity index (χ3n) is 3.20. The highest BCUT2D eigenvalue weighted by Gasteiger charge is 2.34. The Morgan fingerprint density at radius 1 is 1.47 bits per heavy atom. The lowest BCUT2D eigenvalue weighted by Gasteiger charge is -2.18. The Balaban J connectivity index is 2.09. The lowest BCUT2D eigenvalue weighted by Crippen LogP contribution is -2.26. The highest BCUT2D eigenvalue weighted by atomic mass is 16.5. The molecule has 19 heavy (non-hydrogen) atoms. The van der Waals surface area contributed by atoms with Gasteiger partial charge in [0.15, 0.2) is 0 Å². The van der Waals surface area contributed by atoms with Crippen LogP contribution >= 0.6 is 0 Å². The fourth-order valence-corrected chi connectivity index (χ4v) is 2.23. The highest BCUT2D eigenvalue weighted by molar-refractivity contribution is 5.86. The summed E-state index contributed by atoms with van der Waals surface area (Å²) in [6, 6.07) is 7.51. The molecule has 5 heteroatoms. The van der Waals surface area contributed by atoms with E-state index in [1.807, 2.05) is 31.2 Å². The maximum absolute atomic E-state index is 11.8. The summed E-state index contributed by atoms with van der Waals surface area (Å²) in [5.74, 6) is -0.865. The van der Waals surface area contributed by atoms with Crippen molar-refractivity contribution in [3.05, 3.63) is 29.8 Å². The second kappa shape index (κ2) is 5.73. The van der Waals surface area contributed by atoms with Crippen molar-refractivity contribution in [2.24, 2.45) is 5.92 Å². The molecule has 0 radical (unpaired) electrons. The smallest absolute Gasteiger partial charge is 0.308 e. The first kappa shape index (κ1) is 13.4. The predicted octanol–water partition coefficient (Wildman–Crippen LogP) is 1.52. The van der Waals surface area contributed by atoms with E-state index in [9.17, 15) is 9.59 Å². The van der Waals surface area contributed by atoms with Gasteiger partial charge in [0.1, 0.15) is 5.75 Å². The molecule has 0 aliphatic carbocycles. The van der Waals surface area contributed by atoms with Crippen molar-refractivity contribution in [2.45, 2.75) is 19.9 Å². The number of hydrogen-bond acceptors (Lipinski definition) is 3. The molecule has 1 N–H and O–H groups in total. The van der Waals surface area contributed by atoms with Gasteiger partial charge in [-0.1, -0.05) is 18.2 Å². The van der Waals surface area contributed by atoms with Crippen molar-refractivity contribution in [1.82, 2.24) is 4.90 Å². The number of carboxylic acid groups (broad SMARTS) is 1. The third kappa shape index (κ3) is 3.05. The van der Waals surface area contributed by atoms with Crippen LogP contribution in [-0.2, 0) is 16.1 Å². The van der Waals surface area contributed by atoms with Gasteiger partial charge in [-0.2, -0.15) is 0 Å². The van der Waals surface area contributed by atoms with Crippen LogP contribution in [0.5, 0.6) is 5.75 Å². The summed E-state index contributed by atoms with van der Waals surface area (Å²) in [4.78, 5) is 24.3. The number of carbonyl (C=O) groups excluding carboxylic acids is 1. The van der Waals surface area contributed by atoms with Gasteiger partial charge < -0.3 is 14.7 Å². The average Bonchev–Trinajstić information content (AvgIpc) is 2.74. The Kier molecular flexibility index (Phi) is 4.04. The lowest BCUT2D eigenvalue weighted by molar-refractivity contribution is -0.141. The molecule has 1 fully saturated rings. The molecule has 1 atom stereocenters. The van der Waals surface area contributed by atoms with Crippen LogP contribution in [0.4, 0.5) is 0 Å². The van der Waals surface area contributed by atoms with Crippen molar-refractivity contribution < 1.29 is 19.4 Å². The largest absolute Gasteiger partial charge is 0.494 e. The quantitative estimate of drug-likeness (QED) is 0.874. The molecule has 2 rings (SSSR count). The van der Waals surface area contributed by atoms with Crippen molar-refractivity contribution in [3.63, 3.8) is 0 Å². The van der Waals surface area contributed by atoms with E-state index in [0.29, 0.717) is 13.2 Å². The number of aliphatic carboxylic acids is 1. The summed E-state index contributed by atoms with van der Waals surface area (Å²) >= 11 is 0. The zero-order chi connectivity index (χ0) is 13.8. The molecule has 0 aromatic heterocycles. The summed E-state index contributed by atoms with van der Waals surface area (Å²) in [5.41, 5.74) is 0.906. The van der Waals surface area contributed by atoms with E-state index in [1.54, 1.807) is 4.90 Å². The number of carbonyl (C=O) groups is 2. The van der Waals surface area contributed by atoms with E-state index in [1.165, 1.54) is 0 Å². The Morgan fingerprint density at radius 3 is 2.84 bits per heavy atom. The van der Waals surface area contributed by atoms with Crippen molar-refractivity contribution in [3.8, 4) is 5.75 Å². The van der Waals surface area contributed by atoms with E-state index >= 15 is 0 Å². The number of likely N-dealkylation sites (tertiary alicyclic amines) is 1. The second-order valence-corrected chi connectivity index (χ2v) is 4.55. The fourth-order valence-electron chi connectivity index (χ4n) is 2.23. The molecule has 0 unspecified atom stereocenters. The van der Waals surface area contributed by atoms with Crippen LogP contribution in [0.1, 0.15) is 18.9 Å². The Hall–Kier alpha value is -2.04. The molecule has 1 saturated heterocycles. The van der Waals surface area contributed by atoms with Crippen molar-refractivity contribution in [2.75, 3.05) is 13.2 Å². The van der Waals surface area contributed by atoms with Gasteiger partial charge in [-0.25, -0.2) is 0 Å². The lowest BCUT2D eigenvalue weighted by atomic mass is 10.1. The SMILES string of the molecule is CCOc1ccccc1CN1C[C@H](C(=O)O)CC1=O. The number of rotatable bonds is 5. The summed E-state index contributed by atoms with van der Waals surface area (Å²) in [6.07, 6.45) is 0.0894. The minimum atomic E-state index is -0.908. The maximum Gasteiger partial charge on any atom is 0.308 e.